The topological polar surface area (TPSA) is 63.7 Å². The van der Waals surface area contributed by atoms with Crippen LogP contribution < -0.4 is 4.31 Å². The summed E-state index contributed by atoms with van der Waals surface area (Å²) < 4.78 is 68.5. The van der Waals surface area contributed by atoms with Crippen LogP contribution in [0.2, 0.25) is 0 Å². The Hall–Kier alpha value is -1.77. The summed E-state index contributed by atoms with van der Waals surface area (Å²) in [4.78, 5) is 12.2. The monoisotopic (exact) mass is 351 g/mol. The van der Waals surface area contributed by atoms with E-state index in [0.717, 1.165) is 0 Å². The number of ether oxygens (including phenoxy) is 1. The van der Waals surface area contributed by atoms with Crippen LogP contribution in [0.4, 0.5) is 23.7 Å². The SMILES string of the molecule is CC(C)(C)OC(=O)N1c2ccccc2C(CC(F)(F)F)S1(=O)=O. The maximum Gasteiger partial charge on any atom is 0.428 e. The molecular weight excluding hydrogens is 335 g/mol. The third-order valence-corrected chi connectivity index (χ3v) is 5.09. The molecule has 1 heterocycles. The van der Waals surface area contributed by atoms with Gasteiger partial charge >= 0.3 is 12.3 Å². The van der Waals surface area contributed by atoms with Gasteiger partial charge in [0, 0.05) is 0 Å². The van der Waals surface area contributed by atoms with E-state index in [2.05, 4.69) is 0 Å². The van der Waals surface area contributed by atoms with Crippen LogP contribution in [0.3, 0.4) is 0 Å². The Labute approximate surface area is 132 Å². The molecule has 2 rings (SSSR count). The van der Waals surface area contributed by atoms with E-state index in [1.807, 2.05) is 0 Å². The third kappa shape index (κ3) is 3.60. The van der Waals surface area contributed by atoms with Crippen molar-refractivity contribution in [3.05, 3.63) is 29.8 Å². The minimum Gasteiger partial charge on any atom is -0.443 e. The number of fused-ring (bicyclic) bond motifs is 1. The summed E-state index contributed by atoms with van der Waals surface area (Å²) in [7, 11) is -4.55. The molecule has 128 valence electrons. The highest BCUT2D eigenvalue weighted by molar-refractivity contribution is 7.94. The Morgan fingerprint density at radius 2 is 1.78 bits per heavy atom. The van der Waals surface area contributed by atoms with Crippen molar-refractivity contribution in [1.29, 1.82) is 0 Å². The minimum atomic E-state index is -4.69. The van der Waals surface area contributed by atoms with Crippen LogP contribution in [0, 0.1) is 0 Å². The van der Waals surface area contributed by atoms with E-state index in [-0.39, 0.29) is 11.3 Å². The van der Waals surface area contributed by atoms with Crippen LogP contribution in [-0.4, -0.2) is 26.3 Å². The van der Waals surface area contributed by atoms with Crippen molar-refractivity contribution in [1.82, 2.24) is 0 Å². The van der Waals surface area contributed by atoms with Gasteiger partial charge < -0.3 is 4.74 Å². The van der Waals surface area contributed by atoms with Crippen molar-refractivity contribution < 1.29 is 31.1 Å². The summed E-state index contributed by atoms with van der Waals surface area (Å²) in [5.41, 5.74) is -1.14. The zero-order chi connectivity index (χ0) is 17.6. The number of carbonyl (C=O) groups excluding carboxylic acids is 1. The summed E-state index contributed by atoms with van der Waals surface area (Å²) in [6, 6.07) is 5.43. The lowest BCUT2D eigenvalue weighted by Crippen LogP contribution is -2.39. The van der Waals surface area contributed by atoms with Crippen LogP contribution >= 0.6 is 0 Å². The van der Waals surface area contributed by atoms with E-state index < -0.39 is 39.6 Å². The fraction of sp³-hybridized carbons (Fsp3) is 0.500. The number of hydrogen-bond acceptors (Lipinski definition) is 4. The smallest absolute Gasteiger partial charge is 0.428 e. The Morgan fingerprint density at radius 1 is 1.22 bits per heavy atom. The predicted octanol–water partition coefficient (Wildman–Crippen LogP) is 3.77. The summed E-state index contributed by atoms with van der Waals surface area (Å²) in [5.74, 6) is 0. The highest BCUT2D eigenvalue weighted by Gasteiger charge is 2.51. The van der Waals surface area contributed by atoms with Gasteiger partial charge in [0.2, 0.25) is 0 Å². The maximum absolute atomic E-state index is 12.7. The minimum absolute atomic E-state index is 0.0596. The lowest BCUT2D eigenvalue weighted by Gasteiger charge is -2.24. The molecule has 0 saturated carbocycles. The van der Waals surface area contributed by atoms with Crippen LogP contribution in [0.5, 0.6) is 0 Å². The summed E-state index contributed by atoms with van der Waals surface area (Å²) in [6.07, 6.45) is -7.46. The number of alkyl halides is 3. The van der Waals surface area contributed by atoms with Gasteiger partial charge in [-0.3, -0.25) is 0 Å². The molecular formula is C14H16F3NO4S. The first-order valence-corrected chi connectivity index (χ1v) is 8.26. The average Bonchev–Trinajstić information content (AvgIpc) is 2.54. The Morgan fingerprint density at radius 3 is 2.30 bits per heavy atom. The van der Waals surface area contributed by atoms with Gasteiger partial charge in [-0.2, -0.15) is 17.5 Å². The number of amides is 1. The molecule has 0 spiro atoms. The fourth-order valence-electron chi connectivity index (χ4n) is 2.30. The molecule has 1 aliphatic heterocycles. The van der Waals surface area contributed by atoms with Crippen molar-refractivity contribution >= 4 is 21.8 Å². The molecule has 9 heteroatoms. The number of rotatable bonds is 1. The van der Waals surface area contributed by atoms with E-state index >= 15 is 0 Å². The van der Waals surface area contributed by atoms with Gasteiger partial charge in [-0.15, -0.1) is 0 Å². The summed E-state index contributed by atoms with van der Waals surface area (Å²) >= 11 is 0. The molecule has 0 radical (unpaired) electrons. The van der Waals surface area contributed by atoms with Gasteiger partial charge in [0.1, 0.15) is 10.9 Å². The summed E-state index contributed by atoms with van der Waals surface area (Å²) in [5, 5.41) is -1.86. The van der Waals surface area contributed by atoms with Crippen LogP contribution in [-0.2, 0) is 14.8 Å². The molecule has 23 heavy (non-hydrogen) atoms. The van der Waals surface area contributed by atoms with Gasteiger partial charge in [-0.1, -0.05) is 18.2 Å². The molecule has 0 fully saturated rings. The molecule has 0 bridgehead atoms. The van der Waals surface area contributed by atoms with E-state index in [0.29, 0.717) is 4.31 Å². The molecule has 1 aromatic rings. The van der Waals surface area contributed by atoms with Crippen LogP contribution in [0.1, 0.15) is 38.0 Å². The fourth-order valence-corrected chi connectivity index (χ4v) is 4.16. The van der Waals surface area contributed by atoms with Gasteiger partial charge in [-0.25, -0.2) is 13.2 Å². The Bertz CT molecular complexity index is 722. The molecule has 1 atom stereocenters. The number of hydrogen-bond donors (Lipinski definition) is 0. The first-order valence-electron chi connectivity index (χ1n) is 6.76. The van der Waals surface area contributed by atoms with E-state index in [1.54, 1.807) is 0 Å². The molecule has 1 amide bonds. The lowest BCUT2D eigenvalue weighted by molar-refractivity contribution is -0.134. The number of sulfonamides is 1. The number of nitrogens with zero attached hydrogens (tertiary/aromatic N) is 1. The molecule has 1 unspecified atom stereocenters. The first kappa shape index (κ1) is 17.6. The van der Waals surface area contributed by atoms with Crippen molar-refractivity contribution in [2.45, 2.75) is 44.2 Å². The third-order valence-electron chi connectivity index (χ3n) is 3.09. The van der Waals surface area contributed by atoms with Crippen molar-refractivity contribution in [2.24, 2.45) is 0 Å². The van der Waals surface area contributed by atoms with E-state index in [9.17, 15) is 26.4 Å². The second kappa shape index (κ2) is 5.40. The summed E-state index contributed by atoms with van der Waals surface area (Å²) in [6.45, 7) is 4.60. The second-order valence-corrected chi connectivity index (χ2v) is 8.12. The largest absolute Gasteiger partial charge is 0.443 e. The normalized spacial score (nSPS) is 20.3. The molecule has 0 aliphatic carbocycles. The zero-order valence-corrected chi connectivity index (χ0v) is 13.5. The van der Waals surface area contributed by atoms with Gasteiger partial charge in [-0.05, 0) is 32.4 Å². The zero-order valence-electron chi connectivity index (χ0n) is 12.7. The van der Waals surface area contributed by atoms with E-state index in [4.69, 9.17) is 4.74 Å². The average molecular weight is 351 g/mol. The van der Waals surface area contributed by atoms with Gasteiger partial charge in [0.25, 0.3) is 10.0 Å². The molecule has 1 aliphatic rings. The number of anilines is 1. The van der Waals surface area contributed by atoms with Gasteiger partial charge in [0.15, 0.2) is 0 Å². The van der Waals surface area contributed by atoms with Crippen molar-refractivity contribution in [3.63, 3.8) is 0 Å². The number of halogens is 3. The Balaban J connectivity index is 2.51. The molecule has 0 N–H and O–H groups in total. The van der Waals surface area contributed by atoms with Crippen molar-refractivity contribution in [2.75, 3.05) is 4.31 Å². The Kier molecular flexibility index (Phi) is 4.13. The first-order chi connectivity index (χ1) is 10.3. The van der Waals surface area contributed by atoms with Crippen LogP contribution in [0.15, 0.2) is 24.3 Å². The van der Waals surface area contributed by atoms with Gasteiger partial charge in [0.05, 0.1) is 12.1 Å². The maximum atomic E-state index is 12.7. The number of carbonyl (C=O) groups is 1. The van der Waals surface area contributed by atoms with Crippen molar-refractivity contribution in [3.8, 4) is 0 Å². The standard InChI is InChI=1S/C14H16F3NO4S/c1-13(2,3)22-12(19)18-10-7-5-4-6-9(10)11(23(18,20)21)8-14(15,16)17/h4-7,11H,8H2,1-3H3. The highest BCUT2D eigenvalue weighted by Crippen LogP contribution is 2.47. The molecule has 5 nitrogen and oxygen atoms in total. The number of benzene rings is 1. The molecule has 0 aromatic heterocycles. The molecule has 0 saturated heterocycles. The molecule has 1 aromatic carbocycles. The van der Waals surface area contributed by atoms with E-state index in [1.165, 1.54) is 45.0 Å². The van der Waals surface area contributed by atoms with Crippen LogP contribution in [0.25, 0.3) is 0 Å². The predicted molar refractivity (Wildman–Crippen MR) is 77.5 cm³/mol. The lowest BCUT2D eigenvalue weighted by atomic mass is 10.1. The quantitative estimate of drug-likeness (QED) is 0.773. The number of para-hydroxylation sites is 1. The highest BCUT2D eigenvalue weighted by atomic mass is 32.2. The second-order valence-electron chi connectivity index (χ2n) is 6.16.